The fourth-order valence-electron chi connectivity index (χ4n) is 5.95. The van der Waals surface area contributed by atoms with Crippen molar-refractivity contribution in [3.8, 4) is 34.4 Å². The molecular weight excluding hydrogens is 542 g/mol. The van der Waals surface area contributed by atoms with Gasteiger partial charge in [0.2, 0.25) is 0 Å². The third kappa shape index (κ3) is 6.18. The minimum Gasteiger partial charge on any atom is -0.494 e. The highest BCUT2D eigenvalue weighted by atomic mass is 32.2. The van der Waals surface area contributed by atoms with Gasteiger partial charge in [-0.25, -0.2) is 8.42 Å². The Labute approximate surface area is 240 Å². The SMILES string of the molecule is Cc1cc(OCCCS(C)(=O)=O)cc(C)c1-c1c(C#N)ccc2c1CC[C@H]2Oc1ccc2c(c1)OC[C@H]2CC(=O)O. The van der Waals surface area contributed by atoms with E-state index in [9.17, 15) is 18.5 Å². The van der Waals surface area contributed by atoms with E-state index in [0.717, 1.165) is 51.8 Å². The standard InChI is InChI=1S/C32H33NO7S/c1-19-13-24(38-11-4-12-41(3,36)37)14-20(2)31(19)32-21(17-33)5-7-26-27(32)9-10-28(26)40-23-6-8-25-22(15-30(34)35)18-39-29(25)16-23/h5-8,13-14,16,22,28H,4,9-12,15,18H2,1-3H3,(H,34,35)/t22-,28-/m1/s1. The average molecular weight is 576 g/mol. The normalized spacial score (nSPS) is 17.3. The quantitative estimate of drug-likeness (QED) is 0.307. The molecule has 1 aliphatic heterocycles. The van der Waals surface area contributed by atoms with E-state index >= 15 is 0 Å². The van der Waals surface area contributed by atoms with Gasteiger partial charge in [-0.15, -0.1) is 0 Å². The number of carboxylic acids is 1. The molecule has 1 aliphatic carbocycles. The Balaban J connectivity index is 1.39. The third-order valence-electron chi connectivity index (χ3n) is 7.72. The molecule has 0 spiro atoms. The molecule has 2 aliphatic rings. The van der Waals surface area contributed by atoms with Gasteiger partial charge < -0.3 is 19.3 Å². The van der Waals surface area contributed by atoms with E-state index in [1.807, 2.05) is 56.3 Å². The average Bonchev–Trinajstić information content (AvgIpc) is 3.49. The molecule has 1 N–H and O–H groups in total. The number of fused-ring (bicyclic) bond motifs is 2. The van der Waals surface area contributed by atoms with E-state index in [1.54, 1.807) is 0 Å². The van der Waals surface area contributed by atoms with Crippen LogP contribution in [-0.4, -0.2) is 44.7 Å². The van der Waals surface area contributed by atoms with Crippen LogP contribution in [0.15, 0.2) is 42.5 Å². The Morgan fingerprint density at radius 2 is 1.80 bits per heavy atom. The van der Waals surface area contributed by atoms with Crippen molar-refractivity contribution in [3.05, 3.63) is 75.8 Å². The Morgan fingerprint density at radius 1 is 1.07 bits per heavy atom. The Hall–Kier alpha value is -4.03. The number of nitrogens with zero attached hydrogens (tertiary/aromatic N) is 1. The summed E-state index contributed by atoms with van der Waals surface area (Å²) >= 11 is 0. The van der Waals surface area contributed by atoms with Crippen molar-refractivity contribution in [1.82, 2.24) is 0 Å². The molecule has 0 unspecified atom stereocenters. The topological polar surface area (TPSA) is 123 Å². The smallest absolute Gasteiger partial charge is 0.304 e. The van der Waals surface area contributed by atoms with Crippen LogP contribution in [0.2, 0.25) is 0 Å². The van der Waals surface area contributed by atoms with E-state index in [4.69, 9.17) is 19.3 Å². The van der Waals surface area contributed by atoms with Crippen molar-refractivity contribution in [1.29, 1.82) is 5.26 Å². The van der Waals surface area contributed by atoms with Crippen LogP contribution in [0, 0.1) is 25.2 Å². The van der Waals surface area contributed by atoms with Crippen LogP contribution < -0.4 is 14.2 Å². The second kappa shape index (κ2) is 11.5. The van der Waals surface area contributed by atoms with Crippen molar-refractivity contribution >= 4 is 15.8 Å². The summed E-state index contributed by atoms with van der Waals surface area (Å²) in [5, 5.41) is 19.2. The maximum absolute atomic E-state index is 11.4. The van der Waals surface area contributed by atoms with Crippen molar-refractivity contribution in [3.63, 3.8) is 0 Å². The van der Waals surface area contributed by atoms with Crippen LogP contribution in [0.4, 0.5) is 0 Å². The fraction of sp³-hybridized carbons (Fsp3) is 0.375. The number of hydrogen-bond donors (Lipinski definition) is 1. The van der Waals surface area contributed by atoms with Crippen molar-refractivity contribution < 1.29 is 32.5 Å². The molecule has 0 fully saturated rings. The van der Waals surface area contributed by atoms with Gasteiger partial charge in [0.15, 0.2) is 0 Å². The zero-order valence-corrected chi connectivity index (χ0v) is 24.2. The molecule has 41 heavy (non-hydrogen) atoms. The highest BCUT2D eigenvalue weighted by Crippen LogP contribution is 2.45. The summed E-state index contributed by atoms with van der Waals surface area (Å²) in [4.78, 5) is 11.2. The summed E-state index contributed by atoms with van der Waals surface area (Å²) in [7, 11) is -3.03. The second-order valence-corrected chi connectivity index (χ2v) is 13.1. The molecule has 3 aromatic rings. The van der Waals surface area contributed by atoms with E-state index in [1.165, 1.54) is 6.26 Å². The molecule has 8 nitrogen and oxygen atoms in total. The highest BCUT2D eigenvalue weighted by molar-refractivity contribution is 7.90. The summed E-state index contributed by atoms with van der Waals surface area (Å²) in [5.41, 5.74) is 7.51. The van der Waals surface area contributed by atoms with Crippen molar-refractivity contribution in [2.75, 3.05) is 25.2 Å². The molecule has 3 aromatic carbocycles. The highest BCUT2D eigenvalue weighted by Gasteiger charge is 2.31. The molecule has 0 amide bonds. The molecule has 0 saturated heterocycles. The summed E-state index contributed by atoms with van der Waals surface area (Å²) in [6.07, 6.45) is 3.00. The number of benzene rings is 3. The second-order valence-electron chi connectivity index (χ2n) is 10.9. The van der Waals surface area contributed by atoms with Gasteiger partial charge in [-0.1, -0.05) is 12.1 Å². The number of hydrogen-bond acceptors (Lipinski definition) is 7. The predicted octanol–water partition coefficient (Wildman–Crippen LogP) is 5.67. The molecule has 9 heteroatoms. The summed E-state index contributed by atoms with van der Waals surface area (Å²) < 4.78 is 40.8. The van der Waals surface area contributed by atoms with Gasteiger partial charge in [-0.3, -0.25) is 4.79 Å². The first kappa shape index (κ1) is 28.5. The zero-order valence-electron chi connectivity index (χ0n) is 23.4. The predicted molar refractivity (Wildman–Crippen MR) is 155 cm³/mol. The van der Waals surface area contributed by atoms with Crippen LogP contribution in [0.1, 0.15) is 64.7 Å². The fourth-order valence-corrected chi connectivity index (χ4v) is 6.60. The lowest BCUT2D eigenvalue weighted by atomic mass is 9.87. The monoisotopic (exact) mass is 575 g/mol. The van der Waals surface area contributed by atoms with Gasteiger partial charge >= 0.3 is 5.97 Å². The van der Waals surface area contributed by atoms with Gasteiger partial charge in [0.1, 0.15) is 33.2 Å². The summed E-state index contributed by atoms with van der Waals surface area (Å²) in [6.45, 7) is 4.65. The molecule has 1 heterocycles. The van der Waals surface area contributed by atoms with Crippen LogP contribution in [0.3, 0.4) is 0 Å². The van der Waals surface area contributed by atoms with E-state index < -0.39 is 15.8 Å². The van der Waals surface area contributed by atoms with Gasteiger partial charge in [0.25, 0.3) is 0 Å². The van der Waals surface area contributed by atoms with Crippen LogP contribution in [-0.2, 0) is 21.1 Å². The number of ether oxygens (including phenoxy) is 3. The number of aryl methyl sites for hydroxylation is 2. The van der Waals surface area contributed by atoms with Crippen LogP contribution in [0.25, 0.3) is 11.1 Å². The number of sulfone groups is 1. The molecule has 0 radical (unpaired) electrons. The molecule has 5 rings (SSSR count). The lowest BCUT2D eigenvalue weighted by Crippen LogP contribution is -2.08. The largest absolute Gasteiger partial charge is 0.494 e. The lowest BCUT2D eigenvalue weighted by Gasteiger charge is -2.19. The Morgan fingerprint density at radius 3 is 2.49 bits per heavy atom. The number of carbonyl (C=O) groups is 1. The van der Waals surface area contributed by atoms with Gasteiger partial charge in [0, 0.05) is 29.4 Å². The number of nitriles is 1. The lowest BCUT2D eigenvalue weighted by molar-refractivity contribution is -0.137. The maximum atomic E-state index is 11.4. The summed E-state index contributed by atoms with van der Waals surface area (Å²) in [5.74, 6) is 1.07. The van der Waals surface area contributed by atoms with E-state index in [-0.39, 0.29) is 24.2 Å². The summed E-state index contributed by atoms with van der Waals surface area (Å²) in [6, 6.07) is 15.7. The number of carboxylic acid groups (broad SMARTS) is 1. The van der Waals surface area contributed by atoms with Crippen LogP contribution >= 0.6 is 0 Å². The first-order chi connectivity index (χ1) is 19.5. The molecule has 0 bridgehead atoms. The molecule has 214 valence electrons. The molecule has 2 atom stereocenters. The van der Waals surface area contributed by atoms with Crippen molar-refractivity contribution in [2.45, 2.75) is 51.6 Å². The zero-order chi connectivity index (χ0) is 29.3. The molecule has 0 aromatic heterocycles. The maximum Gasteiger partial charge on any atom is 0.304 e. The number of aliphatic carboxylic acids is 1. The van der Waals surface area contributed by atoms with Crippen molar-refractivity contribution in [2.24, 2.45) is 0 Å². The van der Waals surface area contributed by atoms with Gasteiger partial charge in [-0.05, 0) is 85.2 Å². The van der Waals surface area contributed by atoms with Gasteiger partial charge in [-0.2, -0.15) is 5.26 Å². The minimum absolute atomic E-state index is 0.0301. The number of rotatable bonds is 10. The molecule has 0 saturated carbocycles. The third-order valence-corrected chi connectivity index (χ3v) is 8.75. The van der Waals surface area contributed by atoms with Gasteiger partial charge in [0.05, 0.1) is 37.0 Å². The Bertz CT molecular complexity index is 1630. The first-order valence-electron chi connectivity index (χ1n) is 13.7. The first-order valence-corrected chi connectivity index (χ1v) is 15.7. The molecular formula is C32H33NO7S. The Kier molecular flexibility index (Phi) is 7.96. The van der Waals surface area contributed by atoms with Crippen LogP contribution in [0.5, 0.6) is 17.2 Å². The van der Waals surface area contributed by atoms with E-state index in [0.29, 0.717) is 42.4 Å². The van der Waals surface area contributed by atoms with E-state index in [2.05, 4.69) is 6.07 Å². The minimum atomic E-state index is -3.03.